The highest BCUT2D eigenvalue weighted by Gasteiger charge is 2.43. The summed E-state index contributed by atoms with van der Waals surface area (Å²) < 4.78 is 41.5. The Morgan fingerprint density at radius 1 is 1.25 bits per heavy atom. The fourth-order valence-corrected chi connectivity index (χ4v) is 4.06. The number of ether oxygens (including phenoxy) is 5. The molecule has 13 heteroatoms. The molecule has 0 aliphatic carbocycles. The molecule has 40 heavy (non-hydrogen) atoms. The van der Waals surface area contributed by atoms with Gasteiger partial charge < -0.3 is 34.0 Å². The molecule has 0 spiro atoms. The van der Waals surface area contributed by atoms with Crippen LogP contribution in [0, 0.1) is 23.8 Å². The Morgan fingerprint density at radius 3 is 2.62 bits per heavy atom. The normalized spacial score (nSPS) is 14.8. The van der Waals surface area contributed by atoms with Gasteiger partial charge in [0.05, 0.1) is 26.1 Å². The predicted octanol–water partition coefficient (Wildman–Crippen LogP) is 4.42. The average molecular weight is 564 g/mol. The molecule has 0 bridgehead atoms. The Morgan fingerprint density at radius 2 is 2.00 bits per heavy atom. The summed E-state index contributed by atoms with van der Waals surface area (Å²) in [5.41, 5.74) is 4.26. The Labute approximate surface area is 233 Å². The lowest BCUT2D eigenvalue weighted by Gasteiger charge is -2.33. The molecule has 0 fully saturated rings. The van der Waals surface area contributed by atoms with E-state index in [4.69, 9.17) is 35.8 Å². The van der Waals surface area contributed by atoms with E-state index >= 15 is 0 Å². The Hall–Kier alpha value is -3.92. The number of nitrogen functional groups attached to an aromatic ring is 1. The molecule has 2 aromatic heterocycles. The molecule has 2 heterocycles. The van der Waals surface area contributed by atoms with Crippen LogP contribution in [0.4, 0.5) is 19.8 Å². The van der Waals surface area contributed by atoms with Crippen molar-refractivity contribution in [3.05, 3.63) is 25.1 Å². The van der Waals surface area contributed by atoms with Gasteiger partial charge in [0.1, 0.15) is 12.1 Å². The molecule has 0 aliphatic heterocycles. The van der Waals surface area contributed by atoms with Crippen molar-refractivity contribution in [2.45, 2.75) is 71.1 Å². The Bertz CT molecular complexity index is 1200. The number of unbranched alkanes of at least 4 members (excludes halogenated alkanes) is 1. The zero-order valence-electron chi connectivity index (χ0n) is 23.5. The number of terminal acetylenes is 1. The van der Waals surface area contributed by atoms with E-state index in [1.165, 1.54) is 18.0 Å². The molecular weight excluding hydrogens is 525 g/mol. The first-order valence-electron chi connectivity index (χ1n) is 13.0. The number of rotatable bonds is 16. The van der Waals surface area contributed by atoms with Crippen molar-refractivity contribution in [3.8, 4) is 12.3 Å². The van der Waals surface area contributed by atoms with E-state index in [2.05, 4.69) is 41.3 Å². The van der Waals surface area contributed by atoms with Crippen molar-refractivity contribution in [1.29, 1.82) is 0 Å². The van der Waals surface area contributed by atoms with Crippen molar-refractivity contribution in [3.63, 3.8) is 0 Å². The van der Waals surface area contributed by atoms with Crippen LogP contribution in [0.1, 0.15) is 52.9 Å². The van der Waals surface area contributed by atoms with Gasteiger partial charge in [0, 0.05) is 7.11 Å². The number of imidazole rings is 1. The summed E-state index contributed by atoms with van der Waals surface area (Å²) in [4.78, 5) is 35.9. The van der Waals surface area contributed by atoms with Gasteiger partial charge in [-0.15, -0.1) is 13.0 Å². The van der Waals surface area contributed by atoms with Gasteiger partial charge in [-0.1, -0.05) is 32.3 Å². The summed E-state index contributed by atoms with van der Waals surface area (Å²) in [5.74, 6) is 2.23. The number of fused-ring (bicyclic) bond motifs is 1. The van der Waals surface area contributed by atoms with Crippen LogP contribution in [-0.2, 0) is 30.2 Å². The third-order valence-electron chi connectivity index (χ3n) is 6.75. The molecule has 0 saturated heterocycles. The average Bonchev–Trinajstić information content (AvgIpc) is 3.32. The molecule has 0 amide bonds. The van der Waals surface area contributed by atoms with Crippen molar-refractivity contribution < 1.29 is 37.7 Å². The second-order valence-electron chi connectivity index (χ2n) is 9.48. The van der Waals surface area contributed by atoms with Crippen LogP contribution in [-0.4, -0.2) is 70.5 Å². The lowest BCUT2D eigenvalue weighted by atomic mass is 9.79. The van der Waals surface area contributed by atoms with Gasteiger partial charge in [0.25, 0.3) is 0 Å². The second-order valence-corrected chi connectivity index (χ2v) is 9.48. The molecule has 2 aromatic rings. The summed E-state index contributed by atoms with van der Waals surface area (Å²) in [5, 5.41) is 0. The van der Waals surface area contributed by atoms with E-state index < -0.39 is 36.7 Å². The van der Waals surface area contributed by atoms with Crippen LogP contribution in [0.15, 0.2) is 19.0 Å². The topological polar surface area (TPSA) is 150 Å². The van der Waals surface area contributed by atoms with Crippen LogP contribution < -0.4 is 5.73 Å². The third-order valence-corrected chi connectivity index (χ3v) is 6.75. The first kappa shape index (κ1) is 32.3. The lowest BCUT2D eigenvalue weighted by molar-refractivity contribution is -0.116. The Balaban J connectivity index is 2.12. The van der Waals surface area contributed by atoms with E-state index in [1.54, 1.807) is 6.92 Å². The molecule has 1 unspecified atom stereocenters. The number of halogens is 1. The number of carbonyl (C=O) groups excluding carboxylic acids is 2. The largest absolute Gasteiger partial charge is 0.508 e. The van der Waals surface area contributed by atoms with E-state index in [0.717, 1.165) is 25.7 Å². The summed E-state index contributed by atoms with van der Waals surface area (Å²) in [6, 6.07) is 0. The highest BCUT2D eigenvalue weighted by molar-refractivity contribution is 5.81. The predicted molar refractivity (Wildman–Crippen MR) is 145 cm³/mol. The number of aromatic nitrogens is 4. The van der Waals surface area contributed by atoms with Crippen molar-refractivity contribution in [1.82, 2.24) is 19.5 Å². The van der Waals surface area contributed by atoms with Gasteiger partial charge in [-0.2, -0.15) is 14.4 Å². The van der Waals surface area contributed by atoms with Gasteiger partial charge in [-0.3, -0.25) is 0 Å². The highest BCUT2D eigenvalue weighted by Crippen LogP contribution is 2.32. The quantitative estimate of drug-likeness (QED) is 0.102. The van der Waals surface area contributed by atoms with Gasteiger partial charge in [-0.25, -0.2) is 14.6 Å². The van der Waals surface area contributed by atoms with Crippen LogP contribution in [0.3, 0.4) is 0 Å². The SMILES string of the molecule is C#C[C@](COC(=O)OCCCCC(C)(CC)CC=C)(OC)[C@H](Cn1cnc2c(N)nc(F)nc21)OC(=O)OCC. The summed E-state index contributed by atoms with van der Waals surface area (Å²) in [6.07, 6.45) is 9.02. The number of anilines is 1. The summed E-state index contributed by atoms with van der Waals surface area (Å²) in [6.45, 7) is 9.16. The van der Waals surface area contributed by atoms with E-state index in [0.29, 0.717) is 6.42 Å². The molecule has 12 nitrogen and oxygen atoms in total. The van der Waals surface area contributed by atoms with E-state index in [-0.39, 0.29) is 42.2 Å². The minimum atomic E-state index is -1.78. The van der Waals surface area contributed by atoms with Crippen LogP contribution in [0.2, 0.25) is 0 Å². The standard InChI is InChI=1S/C27H38FN5O7/c1-7-13-26(5,8-2)14-11-12-15-38-24(34)39-17-27(9-3,36-6)19(40-25(35)37-10-4)16-33-18-30-20-21(29)31-23(28)32-22(20)33/h3,7,18-19H,1,8,10-17H2,2,4-6H3,(H2,29,31,32)/t19-,26?,27+/m0/s1. The van der Waals surface area contributed by atoms with Gasteiger partial charge in [-0.05, 0) is 38.0 Å². The van der Waals surface area contributed by atoms with Gasteiger partial charge in [0.15, 0.2) is 17.6 Å². The smallest absolute Gasteiger partial charge is 0.435 e. The Kier molecular flexibility index (Phi) is 12.1. The molecule has 2 rings (SSSR count). The van der Waals surface area contributed by atoms with Crippen LogP contribution in [0.25, 0.3) is 11.2 Å². The second kappa shape index (κ2) is 15.0. The lowest BCUT2D eigenvalue weighted by Crippen LogP contribution is -2.51. The molecule has 0 radical (unpaired) electrons. The monoisotopic (exact) mass is 563 g/mol. The van der Waals surface area contributed by atoms with Crippen molar-refractivity contribution in [2.24, 2.45) is 5.41 Å². The zero-order valence-corrected chi connectivity index (χ0v) is 23.5. The minimum Gasteiger partial charge on any atom is -0.435 e. The van der Waals surface area contributed by atoms with Crippen molar-refractivity contribution >= 4 is 29.3 Å². The number of carbonyl (C=O) groups is 2. The highest BCUT2D eigenvalue weighted by atomic mass is 19.1. The number of allylic oxidation sites excluding steroid dienone is 1. The number of nitrogens with two attached hydrogens (primary N) is 1. The molecule has 220 valence electrons. The van der Waals surface area contributed by atoms with E-state index in [1.807, 2.05) is 6.08 Å². The molecule has 0 aromatic carbocycles. The van der Waals surface area contributed by atoms with Gasteiger partial charge >= 0.3 is 18.4 Å². The first-order chi connectivity index (χ1) is 19.1. The maximum atomic E-state index is 13.9. The van der Waals surface area contributed by atoms with Gasteiger partial charge in [0.2, 0.25) is 5.60 Å². The zero-order chi connectivity index (χ0) is 29.8. The van der Waals surface area contributed by atoms with Crippen molar-refractivity contribution in [2.75, 3.05) is 32.7 Å². The molecule has 2 N–H and O–H groups in total. The molecule has 3 atom stereocenters. The molecule has 0 saturated carbocycles. The fourth-order valence-electron chi connectivity index (χ4n) is 4.06. The molecule has 0 aliphatic rings. The number of nitrogens with zero attached hydrogens (tertiary/aromatic N) is 4. The van der Waals surface area contributed by atoms with Crippen LogP contribution >= 0.6 is 0 Å². The number of hydrogen-bond donors (Lipinski definition) is 1. The minimum absolute atomic E-state index is 0.0251. The fraction of sp³-hybridized carbons (Fsp3) is 0.593. The summed E-state index contributed by atoms with van der Waals surface area (Å²) in [7, 11) is 1.26. The first-order valence-corrected chi connectivity index (χ1v) is 13.0. The maximum Gasteiger partial charge on any atom is 0.508 e. The van der Waals surface area contributed by atoms with Crippen LogP contribution in [0.5, 0.6) is 0 Å². The maximum absolute atomic E-state index is 13.9. The molecular formula is C27H38FN5O7. The third kappa shape index (κ3) is 8.54. The van der Waals surface area contributed by atoms with E-state index in [9.17, 15) is 14.0 Å². The summed E-state index contributed by atoms with van der Waals surface area (Å²) >= 11 is 0. The number of hydrogen-bond acceptors (Lipinski definition) is 11. The number of methoxy groups -OCH3 is 1.